The molecule has 38 heavy (non-hydrogen) atoms. The van der Waals surface area contributed by atoms with Crippen LogP contribution < -0.4 is 5.43 Å². The number of carbonyl (C=O) groups excluding carboxylic acids is 1. The second-order valence-corrected chi connectivity index (χ2v) is 9.79. The van der Waals surface area contributed by atoms with Gasteiger partial charge in [0.05, 0.1) is 29.4 Å². The van der Waals surface area contributed by atoms with Crippen LogP contribution in [0, 0.1) is 13.5 Å². The third-order valence-corrected chi connectivity index (χ3v) is 7.24. The van der Waals surface area contributed by atoms with Crippen molar-refractivity contribution in [2.24, 2.45) is 5.10 Å². The lowest BCUT2D eigenvalue weighted by Crippen LogP contribution is -2.19. The second kappa shape index (κ2) is 10.8. The van der Waals surface area contributed by atoms with Gasteiger partial charge in [0, 0.05) is 10.6 Å². The highest BCUT2D eigenvalue weighted by Crippen LogP contribution is 2.36. The standard InChI is InChI=1S/C29H21ClN6OS/c1-18(33-34-28(37)27-19(2)32-29(38-27)21-10-6-4-7-11-21)24-25(31-3)26(20-14-16-22(30)17-15-20)36(35-24)23-12-8-5-9-13-23/h4-17H,1-2H3,(H,34,37)/b33-18+. The molecule has 1 N–H and O–H groups in total. The van der Waals surface area contributed by atoms with Gasteiger partial charge < -0.3 is 0 Å². The summed E-state index contributed by atoms with van der Waals surface area (Å²) < 4.78 is 1.71. The Morgan fingerprint density at radius 3 is 2.32 bits per heavy atom. The minimum Gasteiger partial charge on any atom is -0.266 e. The molecule has 186 valence electrons. The van der Waals surface area contributed by atoms with Crippen LogP contribution in [-0.4, -0.2) is 26.4 Å². The molecule has 0 fully saturated rings. The number of amides is 1. The summed E-state index contributed by atoms with van der Waals surface area (Å²) in [6.07, 6.45) is 0. The van der Waals surface area contributed by atoms with E-state index in [2.05, 4.69) is 20.4 Å². The SMILES string of the molecule is [C-]#[N+]c1c(/C(C)=N/NC(=O)c2sc(-c3ccccc3)nc2C)nn(-c2ccccc2)c1-c1ccc(Cl)cc1. The van der Waals surface area contributed by atoms with E-state index in [0.29, 0.717) is 38.4 Å². The second-order valence-electron chi connectivity index (χ2n) is 8.35. The molecule has 0 bridgehead atoms. The topological polar surface area (TPSA) is 76.5 Å². The summed E-state index contributed by atoms with van der Waals surface area (Å²) in [6, 6.07) is 26.5. The molecule has 5 aromatic rings. The van der Waals surface area contributed by atoms with Crippen molar-refractivity contribution < 1.29 is 4.79 Å². The van der Waals surface area contributed by atoms with Crippen LogP contribution in [0.25, 0.3) is 32.4 Å². The van der Waals surface area contributed by atoms with Crippen molar-refractivity contribution in [3.8, 4) is 27.5 Å². The van der Waals surface area contributed by atoms with E-state index in [1.165, 1.54) is 11.3 Å². The Hall–Kier alpha value is -4.58. The van der Waals surface area contributed by atoms with Crippen LogP contribution in [0.4, 0.5) is 5.69 Å². The fraction of sp³-hybridized carbons (Fsp3) is 0.0690. The first kappa shape index (κ1) is 25.1. The molecule has 0 radical (unpaired) electrons. The molecule has 0 aliphatic rings. The summed E-state index contributed by atoms with van der Waals surface area (Å²) in [5.41, 5.74) is 7.49. The molecule has 0 spiro atoms. The average Bonchev–Trinajstić information content (AvgIpc) is 3.54. The molecule has 0 saturated heterocycles. The zero-order valence-electron chi connectivity index (χ0n) is 20.5. The molecule has 0 aliphatic heterocycles. The van der Waals surface area contributed by atoms with Crippen molar-refractivity contribution >= 4 is 40.2 Å². The summed E-state index contributed by atoms with van der Waals surface area (Å²) in [5.74, 6) is -0.369. The first-order chi connectivity index (χ1) is 18.5. The Kier molecular flexibility index (Phi) is 7.13. The molecule has 0 unspecified atom stereocenters. The van der Waals surface area contributed by atoms with Gasteiger partial charge in [-0.3, -0.25) is 4.79 Å². The number of rotatable bonds is 6. The molecule has 9 heteroatoms. The number of hydrazone groups is 1. The number of benzene rings is 3. The van der Waals surface area contributed by atoms with Crippen molar-refractivity contribution in [2.45, 2.75) is 13.8 Å². The summed E-state index contributed by atoms with van der Waals surface area (Å²) in [5, 5.41) is 10.4. The lowest BCUT2D eigenvalue weighted by Gasteiger charge is -2.08. The van der Waals surface area contributed by atoms with E-state index < -0.39 is 0 Å². The molecular weight excluding hydrogens is 516 g/mol. The summed E-state index contributed by atoms with van der Waals surface area (Å²) in [6.45, 7) is 11.5. The molecule has 7 nitrogen and oxygen atoms in total. The van der Waals surface area contributed by atoms with E-state index in [9.17, 15) is 4.79 Å². The van der Waals surface area contributed by atoms with Crippen molar-refractivity contribution in [3.63, 3.8) is 0 Å². The van der Waals surface area contributed by atoms with Gasteiger partial charge in [-0.15, -0.1) is 11.3 Å². The van der Waals surface area contributed by atoms with Crippen LogP contribution in [0.15, 0.2) is 90.0 Å². The van der Waals surface area contributed by atoms with Crippen molar-refractivity contribution in [1.29, 1.82) is 0 Å². The van der Waals surface area contributed by atoms with Gasteiger partial charge in [0.15, 0.2) is 0 Å². The number of thiazole rings is 1. The average molecular weight is 537 g/mol. The van der Waals surface area contributed by atoms with Crippen LogP contribution >= 0.6 is 22.9 Å². The Labute approximate surface area is 228 Å². The molecule has 2 heterocycles. The van der Waals surface area contributed by atoms with E-state index in [-0.39, 0.29) is 5.91 Å². The number of halogens is 1. The lowest BCUT2D eigenvalue weighted by molar-refractivity contribution is 0.0958. The number of carbonyl (C=O) groups is 1. The highest BCUT2D eigenvalue weighted by molar-refractivity contribution is 7.17. The summed E-state index contributed by atoms with van der Waals surface area (Å²) in [4.78, 5) is 21.8. The van der Waals surface area contributed by atoms with Crippen LogP contribution in [0.2, 0.25) is 5.02 Å². The van der Waals surface area contributed by atoms with Crippen LogP contribution in [-0.2, 0) is 0 Å². The number of nitrogens with zero attached hydrogens (tertiary/aromatic N) is 5. The van der Waals surface area contributed by atoms with Gasteiger partial charge in [-0.2, -0.15) is 10.2 Å². The maximum atomic E-state index is 13.0. The zero-order chi connectivity index (χ0) is 26.6. The predicted octanol–water partition coefficient (Wildman–Crippen LogP) is 7.33. The minimum absolute atomic E-state index is 0.326. The maximum absolute atomic E-state index is 13.0. The molecular formula is C29H21ClN6OS. The fourth-order valence-corrected chi connectivity index (χ4v) is 5.02. The highest BCUT2D eigenvalue weighted by atomic mass is 35.5. The number of nitrogens with one attached hydrogen (secondary N) is 1. The number of hydrogen-bond acceptors (Lipinski definition) is 5. The van der Waals surface area contributed by atoms with Crippen molar-refractivity contribution in [1.82, 2.24) is 20.2 Å². The molecule has 0 atom stereocenters. The largest absolute Gasteiger partial charge is 0.283 e. The smallest absolute Gasteiger partial charge is 0.266 e. The van der Waals surface area contributed by atoms with Gasteiger partial charge >= 0.3 is 0 Å². The number of para-hydroxylation sites is 1. The van der Waals surface area contributed by atoms with Crippen molar-refractivity contribution in [2.75, 3.05) is 0 Å². The summed E-state index contributed by atoms with van der Waals surface area (Å²) >= 11 is 7.41. The van der Waals surface area contributed by atoms with Gasteiger partial charge in [0.1, 0.15) is 15.6 Å². The van der Waals surface area contributed by atoms with E-state index in [1.807, 2.05) is 72.8 Å². The molecule has 2 aromatic heterocycles. The third kappa shape index (κ3) is 4.98. The maximum Gasteiger partial charge on any atom is 0.283 e. The first-order valence-electron chi connectivity index (χ1n) is 11.7. The van der Waals surface area contributed by atoms with Crippen molar-refractivity contribution in [3.05, 3.63) is 118 Å². The number of hydrogen-bond donors (Lipinski definition) is 1. The normalized spacial score (nSPS) is 11.3. The highest BCUT2D eigenvalue weighted by Gasteiger charge is 2.23. The molecule has 1 amide bonds. The number of aromatic nitrogens is 3. The molecule has 0 aliphatic carbocycles. The lowest BCUT2D eigenvalue weighted by atomic mass is 10.1. The summed E-state index contributed by atoms with van der Waals surface area (Å²) in [7, 11) is 0. The molecule has 5 rings (SSSR count). The first-order valence-corrected chi connectivity index (χ1v) is 12.9. The van der Waals surface area contributed by atoms with Gasteiger partial charge in [0.25, 0.3) is 5.91 Å². The van der Waals surface area contributed by atoms with E-state index in [0.717, 1.165) is 21.8 Å². The Morgan fingerprint density at radius 1 is 1.00 bits per heavy atom. The quantitative estimate of drug-likeness (QED) is 0.140. The number of aryl methyl sites for hydroxylation is 1. The Balaban J connectivity index is 1.50. The monoisotopic (exact) mass is 536 g/mol. The Bertz CT molecular complexity index is 1680. The van der Waals surface area contributed by atoms with Crippen LogP contribution in [0.3, 0.4) is 0 Å². The van der Waals surface area contributed by atoms with Gasteiger partial charge in [-0.1, -0.05) is 72.3 Å². The molecule has 3 aromatic carbocycles. The van der Waals surface area contributed by atoms with Crippen LogP contribution in [0.5, 0.6) is 0 Å². The van der Waals surface area contributed by atoms with Gasteiger partial charge in [0.2, 0.25) is 5.69 Å². The Morgan fingerprint density at radius 2 is 1.66 bits per heavy atom. The predicted molar refractivity (Wildman–Crippen MR) is 152 cm³/mol. The molecule has 0 saturated carbocycles. The van der Waals surface area contributed by atoms with E-state index in [1.54, 1.807) is 30.7 Å². The minimum atomic E-state index is -0.369. The van der Waals surface area contributed by atoms with E-state index >= 15 is 0 Å². The van der Waals surface area contributed by atoms with Crippen LogP contribution in [0.1, 0.15) is 28.0 Å². The fourth-order valence-electron chi connectivity index (χ4n) is 3.93. The van der Waals surface area contributed by atoms with Gasteiger partial charge in [-0.25, -0.2) is 19.9 Å². The van der Waals surface area contributed by atoms with E-state index in [4.69, 9.17) is 23.3 Å². The third-order valence-electron chi connectivity index (χ3n) is 5.78. The van der Waals surface area contributed by atoms with Gasteiger partial charge in [-0.05, 0) is 43.7 Å². The zero-order valence-corrected chi connectivity index (χ0v) is 22.1.